The molecule has 0 unspecified atom stereocenters. The average Bonchev–Trinajstić information content (AvgIpc) is 2.63. The molecule has 1 N–H and O–H groups in total. The number of pyridine rings is 1. The van der Waals surface area contributed by atoms with Gasteiger partial charge in [0, 0.05) is 16.8 Å². The van der Waals surface area contributed by atoms with E-state index >= 15 is 0 Å². The van der Waals surface area contributed by atoms with E-state index in [1.54, 1.807) is 12.1 Å². The van der Waals surface area contributed by atoms with Crippen molar-refractivity contribution >= 4 is 0 Å². The summed E-state index contributed by atoms with van der Waals surface area (Å²) in [6.07, 6.45) is 0.726. The molecule has 24 heavy (non-hydrogen) atoms. The van der Waals surface area contributed by atoms with Crippen molar-refractivity contribution < 1.29 is 9.50 Å². The van der Waals surface area contributed by atoms with Gasteiger partial charge in [-0.3, -0.25) is 4.98 Å². The summed E-state index contributed by atoms with van der Waals surface area (Å²) >= 11 is 0. The number of aliphatic hydroxyl groups is 1. The Morgan fingerprint density at radius 2 is 1.62 bits per heavy atom. The molecule has 3 aromatic rings. The minimum absolute atomic E-state index is 0.0845. The van der Waals surface area contributed by atoms with Crippen LogP contribution >= 0.6 is 0 Å². The van der Waals surface area contributed by atoms with E-state index in [2.05, 4.69) is 0 Å². The molecule has 2 aromatic carbocycles. The lowest BCUT2D eigenvalue weighted by atomic mass is 9.91. The molecule has 0 saturated carbocycles. The van der Waals surface area contributed by atoms with E-state index in [9.17, 15) is 9.50 Å². The van der Waals surface area contributed by atoms with Crippen molar-refractivity contribution in [2.24, 2.45) is 0 Å². The minimum atomic E-state index is -0.269. The number of hydrogen-bond acceptors (Lipinski definition) is 2. The number of hydrogen-bond donors (Lipinski definition) is 1. The molecular weight excluding hydrogens is 301 g/mol. The van der Waals surface area contributed by atoms with Gasteiger partial charge in [-0.2, -0.15) is 0 Å². The molecule has 3 heteroatoms. The van der Waals surface area contributed by atoms with E-state index in [4.69, 9.17) is 4.98 Å². The van der Waals surface area contributed by atoms with E-state index in [0.29, 0.717) is 0 Å². The van der Waals surface area contributed by atoms with Crippen LogP contribution in [0.2, 0.25) is 0 Å². The molecule has 0 saturated heterocycles. The maximum Gasteiger partial charge on any atom is 0.123 e. The van der Waals surface area contributed by atoms with E-state index in [1.807, 2.05) is 44.2 Å². The first-order valence-electron chi connectivity index (χ1n) is 8.10. The lowest BCUT2D eigenvalue weighted by Crippen LogP contribution is -2.05. The summed E-state index contributed by atoms with van der Waals surface area (Å²) in [6, 6.07) is 16.4. The normalized spacial score (nSPS) is 10.8. The second-order valence-corrected chi connectivity index (χ2v) is 5.77. The Bertz CT molecular complexity index is 842. The second-order valence-electron chi connectivity index (χ2n) is 5.77. The molecule has 1 heterocycles. The molecule has 0 fully saturated rings. The monoisotopic (exact) mass is 321 g/mol. The lowest BCUT2D eigenvalue weighted by Gasteiger charge is -2.19. The van der Waals surface area contributed by atoms with Gasteiger partial charge in [0.1, 0.15) is 5.82 Å². The van der Waals surface area contributed by atoms with Crippen molar-refractivity contribution in [1.29, 1.82) is 0 Å². The molecule has 122 valence electrons. The molecule has 0 aliphatic heterocycles. The topological polar surface area (TPSA) is 33.1 Å². The predicted molar refractivity (Wildman–Crippen MR) is 95.1 cm³/mol. The largest absolute Gasteiger partial charge is 0.392 e. The summed E-state index contributed by atoms with van der Waals surface area (Å²) in [5.41, 5.74) is 6.48. The van der Waals surface area contributed by atoms with Gasteiger partial charge < -0.3 is 5.11 Å². The van der Waals surface area contributed by atoms with Gasteiger partial charge in [0.05, 0.1) is 12.3 Å². The van der Waals surface area contributed by atoms with E-state index in [0.717, 1.165) is 45.6 Å². The minimum Gasteiger partial charge on any atom is -0.392 e. The molecule has 3 rings (SSSR count). The van der Waals surface area contributed by atoms with Crippen molar-refractivity contribution in [3.8, 4) is 22.4 Å². The number of nitrogens with zero attached hydrogens (tertiary/aromatic N) is 1. The van der Waals surface area contributed by atoms with E-state index in [-0.39, 0.29) is 12.4 Å². The first-order valence-corrected chi connectivity index (χ1v) is 8.10. The molecule has 0 atom stereocenters. The van der Waals surface area contributed by atoms with Crippen LogP contribution in [0.5, 0.6) is 0 Å². The van der Waals surface area contributed by atoms with Gasteiger partial charge in [0.15, 0.2) is 0 Å². The van der Waals surface area contributed by atoms with Crippen LogP contribution in [0.1, 0.15) is 23.7 Å². The van der Waals surface area contributed by atoms with Crippen molar-refractivity contribution in [2.45, 2.75) is 26.9 Å². The molecular formula is C21H20FNO. The predicted octanol–water partition coefficient (Wildman–Crippen LogP) is 4.92. The van der Waals surface area contributed by atoms with E-state index in [1.165, 1.54) is 12.1 Å². The molecule has 0 bridgehead atoms. The quantitative estimate of drug-likeness (QED) is 0.740. The first-order chi connectivity index (χ1) is 11.7. The standard InChI is InChI=1S/C21H20FNO/c1-3-19-18(13-24)20(15-9-11-17(22)12-10-15)14(2)21(23-19)16-7-5-4-6-8-16/h4-12,24H,3,13H2,1-2H3. The van der Waals surface area contributed by atoms with Crippen LogP contribution in [-0.4, -0.2) is 10.1 Å². The Labute approximate surface area is 141 Å². The van der Waals surface area contributed by atoms with E-state index < -0.39 is 0 Å². The lowest BCUT2D eigenvalue weighted by molar-refractivity contribution is 0.280. The summed E-state index contributed by atoms with van der Waals surface area (Å²) in [6.45, 7) is 3.95. The summed E-state index contributed by atoms with van der Waals surface area (Å²) < 4.78 is 13.3. The average molecular weight is 321 g/mol. The summed E-state index contributed by atoms with van der Waals surface area (Å²) in [7, 11) is 0. The molecule has 0 spiro atoms. The van der Waals surface area contributed by atoms with Crippen molar-refractivity contribution in [2.75, 3.05) is 0 Å². The molecule has 0 aliphatic rings. The second kappa shape index (κ2) is 6.93. The zero-order chi connectivity index (χ0) is 17.1. The number of rotatable bonds is 4. The summed E-state index contributed by atoms with van der Waals surface area (Å²) in [4.78, 5) is 4.80. The van der Waals surface area contributed by atoms with Crippen LogP contribution in [0.3, 0.4) is 0 Å². The van der Waals surface area contributed by atoms with Crippen LogP contribution in [0.4, 0.5) is 4.39 Å². The Morgan fingerprint density at radius 3 is 2.21 bits per heavy atom. The molecule has 1 aromatic heterocycles. The van der Waals surface area contributed by atoms with Crippen molar-refractivity contribution in [1.82, 2.24) is 4.98 Å². The van der Waals surface area contributed by atoms with Gasteiger partial charge in [-0.1, -0.05) is 49.4 Å². The van der Waals surface area contributed by atoms with Gasteiger partial charge in [-0.15, -0.1) is 0 Å². The third-order valence-corrected chi connectivity index (χ3v) is 4.30. The smallest absolute Gasteiger partial charge is 0.123 e. The number of aliphatic hydroxyl groups excluding tert-OH is 1. The van der Waals surface area contributed by atoms with Gasteiger partial charge >= 0.3 is 0 Å². The fourth-order valence-corrected chi connectivity index (χ4v) is 3.12. The number of halogens is 1. The summed E-state index contributed by atoms with van der Waals surface area (Å²) in [5.74, 6) is -0.269. The maximum absolute atomic E-state index is 13.3. The zero-order valence-electron chi connectivity index (χ0n) is 13.9. The number of aromatic nitrogens is 1. The number of benzene rings is 2. The Morgan fingerprint density at radius 1 is 0.958 bits per heavy atom. The Balaban J connectivity index is 2.31. The van der Waals surface area contributed by atoms with Crippen LogP contribution in [-0.2, 0) is 13.0 Å². The van der Waals surface area contributed by atoms with Crippen molar-refractivity contribution in [3.05, 3.63) is 77.2 Å². The maximum atomic E-state index is 13.3. The molecule has 0 aliphatic carbocycles. The highest BCUT2D eigenvalue weighted by atomic mass is 19.1. The SMILES string of the molecule is CCc1nc(-c2ccccc2)c(C)c(-c2ccc(F)cc2)c1CO. The van der Waals surface area contributed by atoms with Crippen LogP contribution < -0.4 is 0 Å². The van der Waals surface area contributed by atoms with Crippen LogP contribution in [0.15, 0.2) is 54.6 Å². The molecule has 0 radical (unpaired) electrons. The highest BCUT2D eigenvalue weighted by molar-refractivity contribution is 5.79. The fourth-order valence-electron chi connectivity index (χ4n) is 3.12. The zero-order valence-corrected chi connectivity index (χ0v) is 13.9. The van der Waals surface area contributed by atoms with Gasteiger partial charge in [0.2, 0.25) is 0 Å². The van der Waals surface area contributed by atoms with Crippen LogP contribution in [0, 0.1) is 12.7 Å². The Kier molecular flexibility index (Phi) is 4.72. The molecule has 0 amide bonds. The highest BCUT2D eigenvalue weighted by Crippen LogP contribution is 2.35. The Hall–Kier alpha value is -2.52. The van der Waals surface area contributed by atoms with Crippen LogP contribution in [0.25, 0.3) is 22.4 Å². The van der Waals surface area contributed by atoms with Crippen molar-refractivity contribution in [3.63, 3.8) is 0 Å². The number of aryl methyl sites for hydroxylation is 1. The summed E-state index contributed by atoms with van der Waals surface area (Å²) in [5, 5.41) is 9.92. The van der Waals surface area contributed by atoms with Gasteiger partial charge in [-0.05, 0) is 42.2 Å². The first kappa shape index (κ1) is 16.3. The molecule has 2 nitrogen and oxygen atoms in total. The fraction of sp³-hybridized carbons (Fsp3) is 0.190. The third kappa shape index (κ3) is 2.95. The van der Waals surface area contributed by atoms with Gasteiger partial charge in [0.25, 0.3) is 0 Å². The third-order valence-electron chi connectivity index (χ3n) is 4.30. The van der Waals surface area contributed by atoms with Gasteiger partial charge in [-0.25, -0.2) is 4.39 Å². The highest BCUT2D eigenvalue weighted by Gasteiger charge is 2.18.